The van der Waals surface area contributed by atoms with Crippen molar-refractivity contribution in [2.75, 3.05) is 33.9 Å². The maximum atomic E-state index is 12.7. The third kappa shape index (κ3) is 3.90. The number of ether oxygens (including phenoxy) is 1. The first-order valence-electron chi connectivity index (χ1n) is 9.19. The summed E-state index contributed by atoms with van der Waals surface area (Å²) in [5.74, 6) is -0.385. The second-order valence-corrected chi connectivity index (χ2v) is 6.91. The van der Waals surface area contributed by atoms with Crippen LogP contribution in [0.25, 0.3) is 0 Å². The van der Waals surface area contributed by atoms with Crippen molar-refractivity contribution in [3.05, 3.63) is 66.0 Å². The summed E-state index contributed by atoms with van der Waals surface area (Å²) in [4.78, 5) is 32.5. The smallest absolute Gasteiger partial charge is 0.253 e. The minimum absolute atomic E-state index is 0.0558. The van der Waals surface area contributed by atoms with Gasteiger partial charge in [0.1, 0.15) is 6.61 Å². The van der Waals surface area contributed by atoms with E-state index in [4.69, 9.17) is 4.74 Å². The number of carbonyl (C=O) groups is 2. The largest absolute Gasteiger partial charge is 0.394 e. The van der Waals surface area contributed by atoms with Crippen LogP contribution in [0.2, 0.25) is 0 Å². The Morgan fingerprint density at radius 2 is 1.82 bits per heavy atom. The molecule has 0 saturated carbocycles. The van der Waals surface area contributed by atoms with E-state index in [1.807, 2.05) is 30.3 Å². The molecule has 1 saturated heterocycles. The first-order valence-corrected chi connectivity index (χ1v) is 9.19. The van der Waals surface area contributed by atoms with Gasteiger partial charge < -0.3 is 19.6 Å². The van der Waals surface area contributed by atoms with Gasteiger partial charge in [-0.05, 0) is 17.7 Å². The number of hydrogen-bond donors (Lipinski definition) is 1. The summed E-state index contributed by atoms with van der Waals surface area (Å²) in [7, 11) is 3.18. The number of rotatable bonds is 7. The fourth-order valence-corrected chi connectivity index (χ4v) is 3.92. The second-order valence-electron chi connectivity index (χ2n) is 6.91. The number of nitrogens with zero attached hydrogens (tertiary/aromatic N) is 3. The van der Waals surface area contributed by atoms with Gasteiger partial charge in [-0.2, -0.15) is 0 Å². The van der Waals surface area contributed by atoms with Crippen molar-refractivity contribution >= 4 is 11.8 Å². The van der Waals surface area contributed by atoms with Crippen LogP contribution in [0.5, 0.6) is 0 Å². The van der Waals surface area contributed by atoms with Crippen LogP contribution in [-0.4, -0.2) is 77.7 Å². The molecule has 2 heterocycles. The number of carbonyl (C=O) groups excluding carboxylic acids is 2. The fourth-order valence-electron chi connectivity index (χ4n) is 3.92. The molecule has 0 spiro atoms. The Kier molecular flexibility index (Phi) is 6.38. The van der Waals surface area contributed by atoms with Gasteiger partial charge in [0, 0.05) is 44.6 Å². The molecule has 28 heavy (non-hydrogen) atoms. The van der Waals surface area contributed by atoms with Crippen molar-refractivity contribution in [1.82, 2.24) is 14.8 Å². The van der Waals surface area contributed by atoms with Gasteiger partial charge in [-0.25, -0.2) is 0 Å². The van der Waals surface area contributed by atoms with Crippen molar-refractivity contribution in [3.63, 3.8) is 0 Å². The number of pyridine rings is 1. The Hall–Kier alpha value is -2.77. The normalized spacial score (nSPS) is 21.1. The molecule has 0 aliphatic carbocycles. The summed E-state index contributed by atoms with van der Waals surface area (Å²) in [5, 5.41) is 9.92. The molecule has 7 heteroatoms. The molecule has 148 valence electrons. The average molecular weight is 383 g/mol. The predicted octanol–water partition coefficient (Wildman–Crippen LogP) is 1.16. The minimum atomic E-state index is -0.334. The summed E-state index contributed by atoms with van der Waals surface area (Å²) in [6.07, 6.45) is 3.15. The van der Waals surface area contributed by atoms with E-state index in [0.29, 0.717) is 12.1 Å². The van der Waals surface area contributed by atoms with Crippen LogP contribution >= 0.6 is 0 Å². The van der Waals surface area contributed by atoms with Crippen molar-refractivity contribution < 1.29 is 19.4 Å². The van der Waals surface area contributed by atoms with Crippen LogP contribution in [0, 0.1) is 0 Å². The summed E-state index contributed by atoms with van der Waals surface area (Å²) in [6, 6.07) is 12.5. The Bertz CT molecular complexity index is 800. The number of likely N-dealkylation sites (tertiary alicyclic amines) is 1. The van der Waals surface area contributed by atoms with Gasteiger partial charge in [-0.3, -0.25) is 14.6 Å². The van der Waals surface area contributed by atoms with E-state index in [9.17, 15) is 14.7 Å². The van der Waals surface area contributed by atoms with E-state index >= 15 is 0 Å². The van der Waals surface area contributed by atoms with Gasteiger partial charge in [0.25, 0.3) is 5.91 Å². The summed E-state index contributed by atoms with van der Waals surface area (Å²) < 4.78 is 5.00. The molecular weight excluding hydrogens is 358 g/mol. The summed E-state index contributed by atoms with van der Waals surface area (Å²) >= 11 is 0. The molecule has 1 aromatic heterocycles. The molecule has 1 N–H and O–H groups in total. The number of amides is 2. The van der Waals surface area contributed by atoms with Crippen LogP contribution in [0.15, 0.2) is 54.9 Å². The van der Waals surface area contributed by atoms with E-state index in [2.05, 4.69) is 4.98 Å². The van der Waals surface area contributed by atoms with Gasteiger partial charge in [-0.1, -0.05) is 30.3 Å². The topological polar surface area (TPSA) is 83.0 Å². The quantitative estimate of drug-likeness (QED) is 0.776. The number of aromatic nitrogens is 1. The molecule has 1 aromatic carbocycles. The molecule has 0 unspecified atom stereocenters. The van der Waals surface area contributed by atoms with Crippen LogP contribution in [0.3, 0.4) is 0 Å². The number of methoxy groups -OCH3 is 1. The summed E-state index contributed by atoms with van der Waals surface area (Å²) in [5.41, 5.74) is 1.58. The Morgan fingerprint density at radius 3 is 2.43 bits per heavy atom. The van der Waals surface area contributed by atoms with E-state index in [0.717, 1.165) is 5.56 Å². The van der Waals surface area contributed by atoms with Crippen molar-refractivity contribution in [2.45, 2.75) is 18.0 Å². The highest BCUT2D eigenvalue weighted by Crippen LogP contribution is 2.41. The van der Waals surface area contributed by atoms with E-state index in [1.165, 1.54) is 7.11 Å². The predicted molar refractivity (Wildman–Crippen MR) is 104 cm³/mol. The lowest BCUT2D eigenvalue weighted by Gasteiger charge is -2.55. The monoisotopic (exact) mass is 383 g/mol. The van der Waals surface area contributed by atoms with E-state index in [1.54, 1.807) is 41.4 Å². The van der Waals surface area contributed by atoms with E-state index in [-0.39, 0.29) is 43.0 Å². The standard InChI is InChI=1S/C21H25N3O4/c1-23(21(27)16-8-10-22-11-9-16)12-17-20(15-6-4-3-5-7-15)18(13-25)24(17)19(26)14-28-2/h3-11,17-18,20,25H,12-14H2,1-2H3/t17-,18-,20+/m1/s1. The van der Waals surface area contributed by atoms with Crippen LogP contribution in [-0.2, 0) is 9.53 Å². The number of aliphatic hydroxyl groups is 1. The molecule has 3 rings (SSSR count). The van der Waals surface area contributed by atoms with Gasteiger partial charge in [0.2, 0.25) is 5.91 Å². The zero-order chi connectivity index (χ0) is 20.1. The SMILES string of the molecule is COCC(=O)N1[C@H](CO)[C@@H](c2ccccc2)[C@H]1CN(C)C(=O)c1ccncc1. The van der Waals surface area contributed by atoms with Gasteiger partial charge >= 0.3 is 0 Å². The molecule has 1 aliphatic heterocycles. The lowest BCUT2D eigenvalue weighted by atomic mass is 9.74. The third-order valence-corrected chi connectivity index (χ3v) is 5.21. The molecule has 0 bridgehead atoms. The van der Waals surface area contributed by atoms with Crippen LogP contribution in [0.4, 0.5) is 0 Å². The molecular formula is C21H25N3O4. The zero-order valence-corrected chi connectivity index (χ0v) is 16.1. The molecule has 1 aliphatic rings. The van der Waals surface area contributed by atoms with Crippen molar-refractivity contribution in [2.24, 2.45) is 0 Å². The maximum Gasteiger partial charge on any atom is 0.253 e. The highest BCUT2D eigenvalue weighted by molar-refractivity contribution is 5.94. The highest BCUT2D eigenvalue weighted by atomic mass is 16.5. The Labute approximate surface area is 164 Å². The lowest BCUT2D eigenvalue weighted by molar-refractivity contribution is -0.155. The summed E-state index contributed by atoms with van der Waals surface area (Å²) in [6.45, 7) is 0.150. The molecule has 7 nitrogen and oxygen atoms in total. The fraction of sp³-hybridized carbons (Fsp3) is 0.381. The minimum Gasteiger partial charge on any atom is -0.394 e. The maximum absolute atomic E-state index is 12.7. The number of hydrogen-bond acceptors (Lipinski definition) is 5. The Morgan fingerprint density at radius 1 is 1.14 bits per heavy atom. The van der Waals surface area contributed by atoms with Crippen molar-refractivity contribution in [3.8, 4) is 0 Å². The molecule has 2 aromatic rings. The van der Waals surface area contributed by atoms with Crippen molar-refractivity contribution in [1.29, 1.82) is 0 Å². The first-order chi connectivity index (χ1) is 13.6. The number of aliphatic hydroxyl groups excluding tert-OH is 1. The van der Waals surface area contributed by atoms with Crippen LogP contribution in [0.1, 0.15) is 21.8 Å². The zero-order valence-electron chi connectivity index (χ0n) is 16.1. The Balaban J connectivity index is 1.84. The van der Waals surface area contributed by atoms with Gasteiger partial charge in [0.15, 0.2) is 0 Å². The first kappa shape index (κ1) is 20.0. The average Bonchev–Trinajstić information content (AvgIpc) is 2.71. The molecule has 0 radical (unpaired) electrons. The number of benzene rings is 1. The van der Waals surface area contributed by atoms with E-state index < -0.39 is 0 Å². The molecule has 3 atom stereocenters. The molecule has 2 amide bonds. The lowest BCUT2D eigenvalue weighted by Crippen LogP contribution is -2.69. The second kappa shape index (κ2) is 8.95. The number of likely N-dealkylation sites (N-methyl/N-ethyl adjacent to an activating group) is 1. The highest BCUT2D eigenvalue weighted by Gasteiger charge is 2.51. The van der Waals surface area contributed by atoms with Gasteiger partial charge in [-0.15, -0.1) is 0 Å². The van der Waals surface area contributed by atoms with Gasteiger partial charge in [0.05, 0.1) is 18.7 Å². The third-order valence-electron chi connectivity index (χ3n) is 5.21. The molecule has 1 fully saturated rings. The van der Waals surface area contributed by atoms with Crippen LogP contribution < -0.4 is 0 Å².